The van der Waals surface area contributed by atoms with Gasteiger partial charge >= 0.3 is 12.1 Å². The summed E-state index contributed by atoms with van der Waals surface area (Å²) < 4.78 is 19.4. The van der Waals surface area contributed by atoms with Gasteiger partial charge in [0.15, 0.2) is 0 Å². The van der Waals surface area contributed by atoms with Crippen LogP contribution in [0.25, 0.3) is 10.4 Å². The highest BCUT2D eigenvalue weighted by Gasteiger charge is 2.23. The van der Waals surface area contributed by atoms with Gasteiger partial charge in [-0.25, -0.2) is 14.0 Å². The number of carboxylic acid groups (broad SMARTS) is 1. The lowest BCUT2D eigenvalue weighted by atomic mass is 10.1. The van der Waals surface area contributed by atoms with Crippen molar-refractivity contribution >= 4 is 29.1 Å². The van der Waals surface area contributed by atoms with Crippen molar-refractivity contribution in [1.29, 1.82) is 0 Å². The van der Waals surface area contributed by atoms with Gasteiger partial charge in [-0.05, 0) is 24.1 Å². The average molecular weight is 385 g/mol. The minimum absolute atomic E-state index is 0.0542. The Kier molecular flexibility index (Phi) is 5.52. The van der Waals surface area contributed by atoms with E-state index in [-0.39, 0.29) is 28.3 Å². The topological polar surface area (TPSA) is 75.6 Å². The van der Waals surface area contributed by atoms with Crippen molar-refractivity contribution in [3.63, 3.8) is 0 Å². The number of ether oxygens (including phenoxy) is 1. The highest BCUT2D eigenvalue weighted by molar-refractivity contribution is 7.14. The van der Waals surface area contributed by atoms with E-state index in [2.05, 4.69) is 5.32 Å². The molecular formula is C20H16FNO4S. The molecule has 0 fully saturated rings. The maximum Gasteiger partial charge on any atom is 0.412 e. The van der Waals surface area contributed by atoms with Gasteiger partial charge in [0.2, 0.25) is 0 Å². The van der Waals surface area contributed by atoms with E-state index in [4.69, 9.17) is 4.74 Å². The van der Waals surface area contributed by atoms with Crippen molar-refractivity contribution in [2.75, 3.05) is 5.32 Å². The zero-order chi connectivity index (χ0) is 19.4. The Balaban J connectivity index is 1.81. The Hall–Kier alpha value is -3.19. The monoisotopic (exact) mass is 385 g/mol. The molecular weight excluding hydrogens is 369 g/mol. The third-order valence-electron chi connectivity index (χ3n) is 3.82. The summed E-state index contributed by atoms with van der Waals surface area (Å²) in [5, 5.41) is 13.4. The fourth-order valence-corrected chi connectivity index (χ4v) is 3.55. The Labute approximate surface area is 159 Å². The van der Waals surface area contributed by atoms with Crippen LogP contribution in [0.3, 0.4) is 0 Å². The molecule has 27 heavy (non-hydrogen) atoms. The van der Waals surface area contributed by atoms with Crippen LogP contribution in [-0.4, -0.2) is 17.2 Å². The zero-order valence-corrected chi connectivity index (χ0v) is 15.2. The number of aromatic carboxylic acids is 1. The molecule has 0 radical (unpaired) electrons. The summed E-state index contributed by atoms with van der Waals surface area (Å²) in [6.07, 6.45) is -0.782. The minimum atomic E-state index is -1.26. The number of nitrogens with one attached hydrogen (secondary N) is 1. The number of hydrogen-bond donors (Lipinski definition) is 2. The van der Waals surface area contributed by atoms with Crippen LogP contribution in [0.15, 0.2) is 53.9 Å². The van der Waals surface area contributed by atoms with E-state index in [0.717, 1.165) is 22.5 Å². The first kappa shape index (κ1) is 18.6. The molecule has 3 aromatic rings. The van der Waals surface area contributed by atoms with Crippen LogP contribution < -0.4 is 5.32 Å². The fraction of sp³-hybridized carbons (Fsp3) is 0.100. The quantitative estimate of drug-likeness (QED) is 0.624. The molecule has 1 amide bonds. The minimum Gasteiger partial charge on any atom is -0.478 e. The van der Waals surface area contributed by atoms with Gasteiger partial charge < -0.3 is 9.84 Å². The lowest BCUT2D eigenvalue weighted by Crippen LogP contribution is -2.15. The van der Waals surface area contributed by atoms with E-state index in [1.54, 1.807) is 25.1 Å². The second-order valence-corrected chi connectivity index (χ2v) is 6.71. The maximum absolute atomic E-state index is 14.3. The summed E-state index contributed by atoms with van der Waals surface area (Å²) in [5.41, 5.74) is 1.61. The van der Waals surface area contributed by atoms with Crippen LogP contribution in [0.2, 0.25) is 0 Å². The van der Waals surface area contributed by atoms with E-state index in [0.29, 0.717) is 0 Å². The molecule has 2 N–H and O–H groups in total. The van der Waals surface area contributed by atoms with Gasteiger partial charge in [-0.2, -0.15) is 0 Å². The smallest absolute Gasteiger partial charge is 0.412 e. The van der Waals surface area contributed by atoms with Crippen LogP contribution in [-0.2, 0) is 11.3 Å². The molecule has 0 atom stereocenters. The molecule has 7 heteroatoms. The predicted octanol–water partition coefficient (Wildman–Crippen LogP) is 5.31. The fourth-order valence-electron chi connectivity index (χ4n) is 2.53. The molecule has 138 valence electrons. The lowest BCUT2D eigenvalue weighted by molar-refractivity contribution is 0.0699. The number of halogens is 1. The molecule has 1 aromatic heterocycles. The van der Waals surface area contributed by atoms with Crippen LogP contribution in [0.1, 0.15) is 21.5 Å². The molecule has 2 aromatic carbocycles. The van der Waals surface area contributed by atoms with Gasteiger partial charge in [-0.15, -0.1) is 11.3 Å². The molecule has 0 spiro atoms. The number of rotatable bonds is 5. The second-order valence-electron chi connectivity index (χ2n) is 5.83. The van der Waals surface area contributed by atoms with Crippen molar-refractivity contribution in [3.05, 3.63) is 76.4 Å². The zero-order valence-electron chi connectivity index (χ0n) is 14.4. The van der Waals surface area contributed by atoms with Crippen LogP contribution in [0, 0.1) is 12.7 Å². The Morgan fingerprint density at radius 2 is 1.93 bits per heavy atom. The number of carbonyl (C=O) groups excluding carboxylic acids is 1. The molecule has 0 saturated carbocycles. The van der Waals surface area contributed by atoms with Gasteiger partial charge in [0.05, 0.1) is 10.6 Å². The number of aryl methyl sites for hydroxylation is 1. The number of thiophene rings is 1. The highest BCUT2D eigenvalue weighted by atomic mass is 32.1. The summed E-state index contributed by atoms with van der Waals surface area (Å²) in [4.78, 5) is 24.0. The summed E-state index contributed by atoms with van der Waals surface area (Å²) >= 11 is 1.04. The Bertz CT molecular complexity index is 985. The van der Waals surface area contributed by atoms with E-state index < -0.39 is 17.9 Å². The van der Waals surface area contributed by atoms with Crippen molar-refractivity contribution < 1.29 is 23.8 Å². The normalized spacial score (nSPS) is 10.4. The first-order valence-corrected chi connectivity index (χ1v) is 8.92. The van der Waals surface area contributed by atoms with Crippen molar-refractivity contribution in [3.8, 4) is 10.4 Å². The summed E-state index contributed by atoms with van der Waals surface area (Å²) in [6.45, 7) is 1.80. The first-order valence-electron chi connectivity index (χ1n) is 8.04. The third kappa shape index (κ3) is 4.32. The Morgan fingerprint density at radius 1 is 1.19 bits per heavy atom. The van der Waals surface area contributed by atoms with E-state index in [1.165, 1.54) is 17.5 Å². The van der Waals surface area contributed by atoms with Gasteiger partial charge in [0.25, 0.3) is 0 Å². The summed E-state index contributed by atoms with van der Waals surface area (Å²) in [6, 6.07) is 13.7. The van der Waals surface area contributed by atoms with Crippen LogP contribution in [0.4, 0.5) is 14.9 Å². The van der Waals surface area contributed by atoms with Crippen LogP contribution >= 0.6 is 11.3 Å². The number of anilines is 1. The Morgan fingerprint density at radius 3 is 2.59 bits per heavy atom. The van der Waals surface area contributed by atoms with Crippen molar-refractivity contribution in [2.45, 2.75) is 13.5 Å². The number of benzene rings is 2. The first-order chi connectivity index (χ1) is 13.0. The molecule has 1 heterocycles. The molecule has 0 saturated heterocycles. The average Bonchev–Trinajstić information content (AvgIpc) is 3.04. The molecule has 0 aliphatic rings. The van der Waals surface area contributed by atoms with Gasteiger partial charge in [0, 0.05) is 10.9 Å². The summed E-state index contributed by atoms with van der Waals surface area (Å²) in [5.74, 6) is -1.78. The van der Waals surface area contributed by atoms with Gasteiger partial charge in [-0.3, -0.25) is 5.32 Å². The molecule has 0 aliphatic heterocycles. The number of carbonyl (C=O) groups is 2. The van der Waals surface area contributed by atoms with Crippen molar-refractivity contribution in [2.24, 2.45) is 0 Å². The van der Waals surface area contributed by atoms with Crippen molar-refractivity contribution in [1.82, 2.24) is 0 Å². The second kappa shape index (κ2) is 8.01. The molecule has 0 bridgehead atoms. The van der Waals surface area contributed by atoms with Gasteiger partial charge in [-0.1, -0.05) is 42.5 Å². The van der Waals surface area contributed by atoms with E-state index in [1.807, 2.05) is 18.2 Å². The van der Waals surface area contributed by atoms with Crippen LogP contribution in [0.5, 0.6) is 0 Å². The van der Waals surface area contributed by atoms with Gasteiger partial charge in [0.1, 0.15) is 18.0 Å². The SMILES string of the molecule is Cc1ccc(-c2scc(NC(=O)OCc3ccccc3)c2C(=O)O)c(F)c1. The predicted molar refractivity (Wildman–Crippen MR) is 102 cm³/mol. The molecule has 5 nitrogen and oxygen atoms in total. The largest absolute Gasteiger partial charge is 0.478 e. The van der Waals surface area contributed by atoms with E-state index in [9.17, 15) is 19.1 Å². The third-order valence-corrected chi connectivity index (χ3v) is 4.84. The van der Waals surface area contributed by atoms with E-state index >= 15 is 0 Å². The number of hydrogen-bond acceptors (Lipinski definition) is 4. The molecule has 3 rings (SSSR count). The summed E-state index contributed by atoms with van der Waals surface area (Å²) in [7, 11) is 0. The maximum atomic E-state index is 14.3. The highest BCUT2D eigenvalue weighted by Crippen LogP contribution is 2.37. The molecule has 0 aliphatic carbocycles. The molecule has 0 unspecified atom stereocenters. The number of amides is 1. The standard InChI is InChI=1S/C20H16FNO4S/c1-12-7-8-14(15(21)9-12)18-17(19(23)24)16(11-27-18)22-20(25)26-10-13-5-3-2-4-6-13/h2-9,11H,10H2,1H3,(H,22,25)(H,23,24). The lowest BCUT2D eigenvalue weighted by Gasteiger charge is -2.08. The number of carboxylic acids is 1.